The molecule has 5 heteroatoms. The van der Waals surface area contributed by atoms with Crippen molar-refractivity contribution < 1.29 is 14.1 Å². The number of hydrogen-bond acceptors (Lipinski definition) is 5. The molecule has 1 aliphatic rings. The molecule has 100 valence electrons. The minimum absolute atomic E-state index is 0.0375. The number of esters is 1. The monoisotopic (exact) mass is 252 g/mol. The molecule has 1 heterocycles. The van der Waals surface area contributed by atoms with Crippen LogP contribution >= 0.6 is 0 Å². The zero-order valence-corrected chi connectivity index (χ0v) is 10.9. The Labute approximate surface area is 107 Å². The molecule has 1 saturated carbocycles. The predicted octanol–water partition coefficient (Wildman–Crippen LogP) is 2.76. The average Bonchev–Trinajstić information content (AvgIpc) is 2.87. The standard InChI is InChI=1S/C13H20N2O3/c1-2-17-13(16)12-14-11(18-15-12)9-8-10-6-4-3-5-7-10/h10H,2-9H2,1H3. The molecule has 0 unspecified atom stereocenters. The summed E-state index contributed by atoms with van der Waals surface area (Å²) in [5, 5.41) is 3.64. The van der Waals surface area contributed by atoms with Gasteiger partial charge in [0.25, 0.3) is 5.82 Å². The van der Waals surface area contributed by atoms with Gasteiger partial charge in [0.1, 0.15) is 0 Å². The van der Waals surface area contributed by atoms with Crippen LogP contribution in [-0.4, -0.2) is 22.7 Å². The third kappa shape index (κ3) is 3.55. The van der Waals surface area contributed by atoms with Crippen molar-refractivity contribution in [3.63, 3.8) is 0 Å². The van der Waals surface area contributed by atoms with Crippen molar-refractivity contribution in [3.05, 3.63) is 11.7 Å². The van der Waals surface area contributed by atoms with E-state index in [9.17, 15) is 4.79 Å². The van der Waals surface area contributed by atoms with Gasteiger partial charge >= 0.3 is 5.97 Å². The average molecular weight is 252 g/mol. The summed E-state index contributed by atoms with van der Waals surface area (Å²) < 4.78 is 9.87. The highest BCUT2D eigenvalue weighted by Gasteiger charge is 2.18. The number of carbonyl (C=O) groups is 1. The predicted molar refractivity (Wildman–Crippen MR) is 65.2 cm³/mol. The van der Waals surface area contributed by atoms with E-state index in [1.165, 1.54) is 32.1 Å². The van der Waals surface area contributed by atoms with Crippen LogP contribution in [0.15, 0.2) is 4.52 Å². The molecule has 0 saturated heterocycles. The fourth-order valence-corrected chi connectivity index (χ4v) is 2.44. The summed E-state index contributed by atoms with van der Waals surface area (Å²) in [5.74, 6) is 0.848. The smallest absolute Gasteiger partial charge is 0.379 e. The van der Waals surface area contributed by atoms with Crippen LogP contribution in [-0.2, 0) is 11.2 Å². The molecule has 5 nitrogen and oxygen atoms in total. The lowest BCUT2D eigenvalue weighted by Gasteiger charge is -2.20. The number of rotatable bonds is 5. The summed E-state index contributed by atoms with van der Waals surface area (Å²) in [6.07, 6.45) is 8.48. The summed E-state index contributed by atoms with van der Waals surface area (Å²) >= 11 is 0. The van der Waals surface area contributed by atoms with E-state index >= 15 is 0 Å². The zero-order chi connectivity index (χ0) is 12.8. The van der Waals surface area contributed by atoms with E-state index in [0.717, 1.165) is 18.8 Å². The number of carbonyl (C=O) groups excluding carboxylic acids is 1. The van der Waals surface area contributed by atoms with Crippen LogP contribution in [0, 0.1) is 5.92 Å². The molecule has 1 fully saturated rings. The highest BCUT2D eigenvalue weighted by molar-refractivity contribution is 5.84. The quantitative estimate of drug-likeness (QED) is 0.754. The lowest BCUT2D eigenvalue weighted by molar-refractivity contribution is 0.0508. The Kier molecular flexibility index (Phi) is 4.73. The number of nitrogens with zero attached hydrogens (tertiary/aromatic N) is 2. The Hall–Kier alpha value is -1.39. The maximum absolute atomic E-state index is 11.4. The first-order valence-electron chi connectivity index (χ1n) is 6.79. The fraction of sp³-hybridized carbons (Fsp3) is 0.769. The van der Waals surface area contributed by atoms with Gasteiger partial charge in [-0.1, -0.05) is 32.1 Å². The molecule has 1 aromatic rings. The molecular formula is C13H20N2O3. The molecular weight excluding hydrogens is 232 g/mol. The third-order valence-electron chi connectivity index (χ3n) is 3.42. The van der Waals surface area contributed by atoms with Gasteiger partial charge in [-0.2, -0.15) is 4.98 Å². The second-order valence-corrected chi connectivity index (χ2v) is 4.77. The highest BCUT2D eigenvalue weighted by atomic mass is 16.5. The van der Waals surface area contributed by atoms with Gasteiger partial charge in [-0.15, -0.1) is 0 Å². The van der Waals surface area contributed by atoms with Crippen molar-refractivity contribution in [1.29, 1.82) is 0 Å². The first-order chi connectivity index (χ1) is 8.79. The zero-order valence-electron chi connectivity index (χ0n) is 10.9. The lowest BCUT2D eigenvalue weighted by atomic mass is 9.86. The Morgan fingerprint density at radius 2 is 2.17 bits per heavy atom. The Morgan fingerprint density at radius 3 is 2.89 bits per heavy atom. The van der Waals surface area contributed by atoms with Crippen molar-refractivity contribution in [3.8, 4) is 0 Å². The molecule has 0 spiro atoms. The lowest BCUT2D eigenvalue weighted by Crippen LogP contribution is -2.08. The Balaban J connectivity index is 1.80. The fourth-order valence-electron chi connectivity index (χ4n) is 2.44. The van der Waals surface area contributed by atoms with E-state index in [1.54, 1.807) is 6.92 Å². The summed E-state index contributed by atoms with van der Waals surface area (Å²) in [5.41, 5.74) is 0. The molecule has 2 rings (SSSR count). The van der Waals surface area contributed by atoms with Crippen LogP contribution in [0.2, 0.25) is 0 Å². The van der Waals surface area contributed by atoms with Gasteiger partial charge in [0.2, 0.25) is 5.89 Å². The van der Waals surface area contributed by atoms with E-state index in [1.807, 2.05) is 0 Å². The van der Waals surface area contributed by atoms with Crippen molar-refractivity contribution in [1.82, 2.24) is 10.1 Å². The maximum Gasteiger partial charge on any atom is 0.379 e. The number of aryl methyl sites for hydroxylation is 1. The van der Waals surface area contributed by atoms with Gasteiger partial charge in [-0.05, 0) is 24.4 Å². The molecule has 0 aliphatic heterocycles. The van der Waals surface area contributed by atoms with E-state index < -0.39 is 5.97 Å². The van der Waals surface area contributed by atoms with Gasteiger partial charge in [0, 0.05) is 6.42 Å². The van der Waals surface area contributed by atoms with Gasteiger partial charge in [-0.3, -0.25) is 0 Å². The molecule has 0 aromatic carbocycles. The molecule has 18 heavy (non-hydrogen) atoms. The molecule has 1 aromatic heterocycles. The normalized spacial score (nSPS) is 16.7. The number of aromatic nitrogens is 2. The molecule has 1 aliphatic carbocycles. The van der Waals surface area contributed by atoms with Gasteiger partial charge in [-0.25, -0.2) is 4.79 Å². The van der Waals surface area contributed by atoms with Crippen LogP contribution in [0.5, 0.6) is 0 Å². The molecule has 0 N–H and O–H groups in total. The summed E-state index contributed by atoms with van der Waals surface area (Å²) in [4.78, 5) is 15.4. The summed E-state index contributed by atoms with van der Waals surface area (Å²) in [6, 6.07) is 0. The molecule has 0 atom stereocenters. The first kappa shape index (κ1) is 13.1. The first-order valence-corrected chi connectivity index (χ1v) is 6.79. The van der Waals surface area contributed by atoms with Crippen molar-refractivity contribution in [2.24, 2.45) is 5.92 Å². The van der Waals surface area contributed by atoms with Crippen LogP contribution < -0.4 is 0 Å². The minimum Gasteiger partial charge on any atom is -0.460 e. The van der Waals surface area contributed by atoms with Crippen LogP contribution in [0.4, 0.5) is 0 Å². The van der Waals surface area contributed by atoms with Gasteiger partial charge < -0.3 is 9.26 Å². The van der Waals surface area contributed by atoms with Gasteiger partial charge in [0.15, 0.2) is 0 Å². The SMILES string of the molecule is CCOC(=O)c1noc(CCC2CCCCC2)n1. The molecule has 0 bridgehead atoms. The highest BCUT2D eigenvalue weighted by Crippen LogP contribution is 2.27. The van der Waals surface area contributed by atoms with Crippen molar-refractivity contribution in [2.75, 3.05) is 6.61 Å². The maximum atomic E-state index is 11.4. The van der Waals surface area contributed by atoms with E-state index in [2.05, 4.69) is 10.1 Å². The Bertz CT molecular complexity index is 383. The van der Waals surface area contributed by atoms with Crippen LogP contribution in [0.3, 0.4) is 0 Å². The van der Waals surface area contributed by atoms with Crippen LogP contribution in [0.1, 0.15) is 62.0 Å². The topological polar surface area (TPSA) is 65.2 Å². The van der Waals surface area contributed by atoms with Crippen molar-refractivity contribution in [2.45, 2.75) is 51.9 Å². The third-order valence-corrected chi connectivity index (χ3v) is 3.42. The van der Waals surface area contributed by atoms with E-state index in [0.29, 0.717) is 12.5 Å². The van der Waals surface area contributed by atoms with E-state index in [-0.39, 0.29) is 5.82 Å². The van der Waals surface area contributed by atoms with Gasteiger partial charge in [0.05, 0.1) is 6.61 Å². The Morgan fingerprint density at radius 1 is 1.39 bits per heavy atom. The number of ether oxygens (including phenoxy) is 1. The van der Waals surface area contributed by atoms with E-state index in [4.69, 9.17) is 9.26 Å². The van der Waals surface area contributed by atoms with Crippen LogP contribution in [0.25, 0.3) is 0 Å². The molecule has 0 radical (unpaired) electrons. The summed E-state index contributed by atoms with van der Waals surface area (Å²) in [6.45, 7) is 2.08. The second kappa shape index (κ2) is 6.52. The second-order valence-electron chi connectivity index (χ2n) is 4.77. The minimum atomic E-state index is -0.509. The summed E-state index contributed by atoms with van der Waals surface area (Å²) in [7, 11) is 0. The number of hydrogen-bond donors (Lipinski definition) is 0. The van der Waals surface area contributed by atoms with Crippen molar-refractivity contribution >= 4 is 5.97 Å². The molecule has 0 amide bonds. The largest absolute Gasteiger partial charge is 0.460 e.